The van der Waals surface area contributed by atoms with Crippen molar-refractivity contribution in [1.82, 2.24) is 10.6 Å². The third-order valence-electron chi connectivity index (χ3n) is 5.20. The van der Waals surface area contributed by atoms with Gasteiger partial charge in [0.1, 0.15) is 24.7 Å². The lowest BCUT2D eigenvalue weighted by molar-refractivity contribution is 0.297. The van der Waals surface area contributed by atoms with E-state index in [1.807, 2.05) is 0 Å². The van der Waals surface area contributed by atoms with Crippen molar-refractivity contribution in [1.29, 1.82) is 0 Å². The van der Waals surface area contributed by atoms with E-state index in [9.17, 15) is 0 Å². The van der Waals surface area contributed by atoms with Crippen LogP contribution in [0.2, 0.25) is 0 Å². The van der Waals surface area contributed by atoms with Crippen molar-refractivity contribution in [3.63, 3.8) is 0 Å². The summed E-state index contributed by atoms with van der Waals surface area (Å²) in [7, 11) is 0. The van der Waals surface area contributed by atoms with E-state index in [4.69, 9.17) is 9.47 Å². The Morgan fingerprint density at radius 1 is 0.618 bits per heavy atom. The van der Waals surface area contributed by atoms with Gasteiger partial charge in [-0.15, -0.1) is 0 Å². The van der Waals surface area contributed by atoms with E-state index in [2.05, 4.69) is 144 Å². The fraction of sp³-hybridized carbons (Fsp3) is 0.357. The molecule has 4 nitrogen and oxygen atoms in total. The lowest BCUT2D eigenvalue weighted by Gasteiger charge is -2.13. The summed E-state index contributed by atoms with van der Waals surface area (Å²) in [6, 6.07) is 22.1. The van der Waals surface area contributed by atoms with Crippen LogP contribution in [0.15, 0.2) is 60.7 Å². The highest BCUT2D eigenvalue weighted by atomic mass is 127. The van der Waals surface area contributed by atoms with E-state index in [1.165, 1.54) is 11.1 Å². The van der Waals surface area contributed by atoms with Gasteiger partial charge in [-0.05, 0) is 97.8 Å². The number of halogens is 2. The van der Waals surface area contributed by atoms with Crippen molar-refractivity contribution < 1.29 is 9.47 Å². The molecule has 0 atom stereocenters. The minimum Gasteiger partial charge on any atom is -0.488 e. The molecule has 0 aromatic heterocycles. The molecule has 2 N–H and O–H groups in total. The number of ether oxygens (including phenoxy) is 2. The van der Waals surface area contributed by atoms with E-state index >= 15 is 0 Å². The van der Waals surface area contributed by atoms with Crippen LogP contribution in [-0.4, -0.2) is 12.1 Å². The molecule has 0 bridgehead atoms. The van der Waals surface area contributed by atoms with Crippen LogP contribution >= 0.6 is 45.2 Å². The van der Waals surface area contributed by atoms with Gasteiger partial charge in [0.05, 0.1) is 7.14 Å². The second kappa shape index (κ2) is 13.7. The van der Waals surface area contributed by atoms with E-state index in [-0.39, 0.29) is 0 Å². The van der Waals surface area contributed by atoms with Crippen LogP contribution in [-0.2, 0) is 26.3 Å². The van der Waals surface area contributed by atoms with Gasteiger partial charge >= 0.3 is 0 Å². The smallest absolute Gasteiger partial charge is 0.133 e. The average molecular weight is 684 g/mol. The first kappa shape index (κ1) is 27.2. The van der Waals surface area contributed by atoms with Crippen molar-refractivity contribution in [2.24, 2.45) is 0 Å². The van der Waals surface area contributed by atoms with E-state index in [1.54, 1.807) is 0 Å². The average Bonchev–Trinajstić information content (AvgIpc) is 2.80. The molecule has 0 aliphatic heterocycles. The van der Waals surface area contributed by atoms with Gasteiger partial charge < -0.3 is 20.1 Å². The first-order valence-corrected chi connectivity index (χ1v) is 13.8. The van der Waals surface area contributed by atoms with Gasteiger partial charge in [0.15, 0.2) is 0 Å². The Balaban J connectivity index is 1.54. The molecule has 0 unspecified atom stereocenters. The molecule has 0 aliphatic rings. The number of hydrogen-bond acceptors (Lipinski definition) is 4. The van der Waals surface area contributed by atoms with Crippen LogP contribution in [0.4, 0.5) is 0 Å². The summed E-state index contributed by atoms with van der Waals surface area (Å²) in [4.78, 5) is 0. The molecule has 0 fully saturated rings. The Morgan fingerprint density at radius 2 is 1.06 bits per heavy atom. The third kappa shape index (κ3) is 9.02. The van der Waals surface area contributed by atoms with Gasteiger partial charge in [-0.1, -0.05) is 58.0 Å². The minimum atomic E-state index is 0.472. The van der Waals surface area contributed by atoms with Crippen molar-refractivity contribution in [3.8, 4) is 11.5 Å². The fourth-order valence-electron chi connectivity index (χ4n) is 3.32. The highest BCUT2D eigenvalue weighted by Gasteiger charge is 2.07. The van der Waals surface area contributed by atoms with Crippen LogP contribution in [0, 0.1) is 7.14 Å². The van der Waals surface area contributed by atoms with Gasteiger partial charge in [0, 0.05) is 25.2 Å². The fourth-order valence-corrected chi connectivity index (χ4v) is 4.79. The van der Waals surface area contributed by atoms with Crippen molar-refractivity contribution in [2.45, 2.75) is 66.1 Å². The summed E-state index contributed by atoms with van der Waals surface area (Å²) in [6.07, 6.45) is 0. The lowest BCUT2D eigenvalue weighted by atomic mass is 10.1. The van der Waals surface area contributed by atoms with Gasteiger partial charge in [0.2, 0.25) is 0 Å². The molecule has 0 spiro atoms. The molecule has 0 saturated carbocycles. The highest BCUT2D eigenvalue weighted by molar-refractivity contribution is 14.1. The molecule has 0 amide bonds. The maximum absolute atomic E-state index is 6.12. The van der Waals surface area contributed by atoms with E-state index in [0.29, 0.717) is 25.3 Å². The Kier molecular flexibility index (Phi) is 10.9. The second-order valence-corrected chi connectivity index (χ2v) is 11.3. The molecule has 34 heavy (non-hydrogen) atoms. The predicted octanol–water partition coefficient (Wildman–Crippen LogP) is 7.05. The molecule has 0 radical (unpaired) electrons. The summed E-state index contributed by atoms with van der Waals surface area (Å²) < 4.78 is 14.5. The SMILES string of the molecule is CC(C)NCc1ccc(OCc2cccc(COc3ccc(CNC(C)C)cc3I)c2)c(I)c1. The number of benzene rings is 3. The predicted molar refractivity (Wildman–Crippen MR) is 157 cm³/mol. The molecule has 0 saturated heterocycles. The zero-order valence-corrected chi connectivity index (χ0v) is 24.6. The molecular weight excluding hydrogens is 650 g/mol. The van der Waals surface area contributed by atoms with Gasteiger partial charge in [-0.2, -0.15) is 0 Å². The van der Waals surface area contributed by atoms with Crippen LogP contribution < -0.4 is 20.1 Å². The van der Waals surface area contributed by atoms with Gasteiger partial charge in [-0.25, -0.2) is 0 Å². The van der Waals surface area contributed by atoms with Crippen LogP contribution in [0.3, 0.4) is 0 Å². The first-order valence-electron chi connectivity index (χ1n) is 11.7. The maximum atomic E-state index is 6.12. The van der Waals surface area contributed by atoms with Gasteiger partial charge in [0.25, 0.3) is 0 Å². The maximum Gasteiger partial charge on any atom is 0.133 e. The molecule has 3 rings (SSSR count). The molecule has 182 valence electrons. The summed E-state index contributed by atoms with van der Waals surface area (Å²) in [5, 5.41) is 6.91. The number of rotatable bonds is 12. The highest BCUT2D eigenvalue weighted by Crippen LogP contribution is 2.25. The van der Waals surface area contributed by atoms with Crippen LogP contribution in [0.25, 0.3) is 0 Å². The molecular formula is C28H34I2N2O2. The Labute approximate surface area is 231 Å². The molecule has 3 aromatic carbocycles. The largest absolute Gasteiger partial charge is 0.488 e. The van der Waals surface area contributed by atoms with Crippen molar-refractivity contribution in [3.05, 3.63) is 90.1 Å². The zero-order valence-electron chi connectivity index (χ0n) is 20.3. The summed E-state index contributed by atoms with van der Waals surface area (Å²) in [6.45, 7) is 11.4. The van der Waals surface area contributed by atoms with Crippen molar-refractivity contribution >= 4 is 45.2 Å². The summed E-state index contributed by atoms with van der Waals surface area (Å²) in [5.74, 6) is 1.83. The normalized spacial score (nSPS) is 11.3. The first-order chi connectivity index (χ1) is 16.3. The van der Waals surface area contributed by atoms with Crippen LogP contribution in [0.5, 0.6) is 11.5 Å². The zero-order chi connectivity index (χ0) is 24.5. The third-order valence-corrected chi connectivity index (χ3v) is 6.89. The Bertz CT molecular complexity index is 989. The molecule has 0 aliphatic carbocycles. The quantitative estimate of drug-likeness (QED) is 0.201. The molecule has 0 heterocycles. The standard InChI is InChI=1S/C28H34I2N2O2/c1-19(2)31-15-21-8-10-27(25(29)13-21)33-17-23-6-5-7-24(12-23)18-34-28-11-9-22(14-26(28)30)16-32-20(3)4/h5-14,19-20,31-32H,15-18H2,1-4H3. The number of hydrogen-bond donors (Lipinski definition) is 2. The van der Waals surface area contributed by atoms with E-state index in [0.717, 1.165) is 42.9 Å². The topological polar surface area (TPSA) is 42.5 Å². The Hall–Kier alpha value is -1.36. The molecule has 6 heteroatoms. The monoisotopic (exact) mass is 684 g/mol. The van der Waals surface area contributed by atoms with E-state index < -0.39 is 0 Å². The van der Waals surface area contributed by atoms with Crippen LogP contribution in [0.1, 0.15) is 49.9 Å². The summed E-state index contributed by atoms with van der Waals surface area (Å²) >= 11 is 4.70. The Morgan fingerprint density at radius 3 is 1.44 bits per heavy atom. The van der Waals surface area contributed by atoms with Crippen molar-refractivity contribution in [2.75, 3.05) is 0 Å². The number of nitrogens with one attached hydrogen (secondary N) is 2. The lowest BCUT2D eigenvalue weighted by Crippen LogP contribution is -2.21. The summed E-state index contributed by atoms with van der Waals surface area (Å²) in [5.41, 5.74) is 4.80. The van der Waals surface area contributed by atoms with Gasteiger partial charge in [-0.3, -0.25) is 0 Å². The minimum absolute atomic E-state index is 0.472. The second-order valence-electron chi connectivity index (χ2n) is 9.00. The molecule has 3 aromatic rings.